The maximum absolute atomic E-state index is 4.71. The van der Waals surface area contributed by atoms with Gasteiger partial charge in [-0.05, 0) is 64.4 Å². The van der Waals surface area contributed by atoms with Crippen LogP contribution in [0.3, 0.4) is 0 Å². The van der Waals surface area contributed by atoms with Crippen molar-refractivity contribution in [1.29, 1.82) is 0 Å². The lowest BCUT2D eigenvalue weighted by atomic mass is 10.1. The fraction of sp³-hybridized carbons (Fsp3) is 0.412. The van der Waals surface area contributed by atoms with Crippen LogP contribution < -0.4 is 5.32 Å². The van der Waals surface area contributed by atoms with E-state index in [4.69, 9.17) is 4.98 Å². The molecule has 0 aliphatic rings. The van der Waals surface area contributed by atoms with Crippen molar-refractivity contribution >= 4 is 15.9 Å². The Kier molecular flexibility index (Phi) is 4.79. The number of nitrogens with zero attached hydrogens (tertiary/aromatic N) is 2. The van der Waals surface area contributed by atoms with Crippen molar-refractivity contribution in [3.8, 4) is 11.4 Å². The average molecular weight is 348 g/mol. The molecule has 3 nitrogen and oxygen atoms in total. The molecular formula is C17H22BrN3. The van der Waals surface area contributed by atoms with Crippen molar-refractivity contribution in [3.05, 3.63) is 45.7 Å². The smallest absolute Gasteiger partial charge is 0.159 e. The number of benzene rings is 1. The summed E-state index contributed by atoms with van der Waals surface area (Å²) in [6, 6.07) is 8.22. The Balaban J connectivity index is 2.34. The lowest BCUT2D eigenvalue weighted by molar-refractivity contribution is 0.421. The van der Waals surface area contributed by atoms with E-state index < -0.39 is 0 Å². The first-order valence-corrected chi connectivity index (χ1v) is 7.90. The normalized spacial score (nSPS) is 11.7. The molecule has 0 unspecified atom stereocenters. The minimum atomic E-state index is 0.0759. The molecule has 0 atom stereocenters. The van der Waals surface area contributed by atoms with E-state index in [-0.39, 0.29) is 5.54 Å². The Bertz CT molecular complexity index is 645. The largest absolute Gasteiger partial charge is 0.306 e. The number of aryl methyl sites for hydroxylation is 2. The number of hydrogen-bond donors (Lipinski definition) is 1. The monoisotopic (exact) mass is 347 g/mol. The van der Waals surface area contributed by atoms with E-state index in [2.05, 4.69) is 66.1 Å². The van der Waals surface area contributed by atoms with Gasteiger partial charge in [-0.1, -0.05) is 15.9 Å². The summed E-state index contributed by atoms with van der Waals surface area (Å²) in [4.78, 5) is 9.29. The van der Waals surface area contributed by atoms with Crippen LogP contribution in [0.1, 0.15) is 37.7 Å². The minimum absolute atomic E-state index is 0.0759. The van der Waals surface area contributed by atoms with Crippen molar-refractivity contribution in [2.75, 3.05) is 0 Å². The first kappa shape index (κ1) is 16.1. The van der Waals surface area contributed by atoms with Crippen LogP contribution >= 0.6 is 15.9 Å². The maximum Gasteiger partial charge on any atom is 0.159 e. The van der Waals surface area contributed by atoms with Crippen LogP contribution in [-0.2, 0) is 6.54 Å². The van der Waals surface area contributed by atoms with Gasteiger partial charge in [0.1, 0.15) is 0 Å². The summed E-state index contributed by atoms with van der Waals surface area (Å²) < 4.78 is 1.08. The fourth-order valence-electron chi connectivity index (χ4n) is 2.08. The molecule has 21 heavy (non-hydrogen) atoms. The van der Waals surface area contributed by atoms with Crippen LogP contribution in [0.5, 0.6) is 0 Å². The molecule has 0 bridgehead atoms. The standard InChI is InChI=1S/C17H22BrN3/c1-11-8-13(18)6-7-15(11)16-20-12(2)9-14(21-16)10-19-17(3,4)5/h6-9,19H,10H2,1-5H3. The molecule has 1 aromatic heterocycles. The molecule has 0 radical (unpaired) electrons. The highest BCUT2D eigenvalue weighted by Crippen LogP contribution is 2.24. The Labute approximate surface area is 135 Å². The highest BCUT2D eigenvalue weighted by atomic mass is 79.9. The van der Waals surface area contributed by atoms with Gasteiger partial charge in [0.2, 0.25) is 0 Å². The minimum Gasteiger partial charge on any atom is -0.306 e. The summed E-state index contributed by atoms with van der Waals surface area (Å²) >= 11 is 3.49. The van der Waals surface area contributed by atoms with Crippen LogP contribution in [0.4, 0.5) is 0 Å². The lowest BCUT2D eigenvalue weighted by Gasteiger charge is -2.20. The number of hydrogen-bond acceptors (Lipinski definition) is 3. The van der Waals surface area contributed by atoms with Gasteiger partial charge in [0, 0.05) is 27.8 Å². The molecule has 2 rings (SSSR count). The lowest BCUT2D eigenvalue weighted by Crippen LogP contribution is -2.35. The molecule has 0 saturated carbocycles. The maximum atomic E-state index is 4.71. The highest BCUT2D eigenvalue weighted by molar-refractivity contribution is 9.10. The zero-order valence-electron chi connectivity index (χ0n) is 13.3. The van der Waals surface area contributed by atoms with Gasteiger partial charge >= 0.3 is 0 Å². The molecule has 0 spiro atoms. The molecule has 2 aromatic rings. The second-order valence-corrected chi connectivity index (χ2v) is 7.30. The molecule has 1 N–H and O–H groups in total. The SMILES string of the molecule is Cc1cc(CNC(C)(C)C)nc(-c2ccc(Br)cc2C)n1. The van der Waals surface area contributed by atoms with E-state index in [1.165, 1.54) is 5.56 Å². The van der Waals surface area contributed by atoms with Crippen LogP contribution in [0.2, 0.25) is 0 Å². The summed E-state index contributed by atoms with van der Waals surface area (Å²) in [5.41, 5.74) is 4.35. The molecule has 0 aliphatic heterocycles. The van der Waals surface area contributed by atoms with E-state index in [9.17, 15) is 0 Å². The first-order valence-electron chi connectivity index (χ1n) is 7.11. The molecule has 0 saturated heterocycles. The fourth-order valence-corrected chi connectivity index (χ4v) is 2.55. The predicted octanol–water partition coefficient (Wildman–Crippen LogP) is 4.41. The summed E-state index contributed by atoms with van der Waals surface area (Å²) in [7, 11) is 0. The third-order valence-electron chi connectivity index (χ3n) is 3.14. The van der Waals surface area contributed by atoms with Gasteiger partial charge in [-0.15, -0.1) is 0 Å². The first-order chi connectivity index (χ1) is 9.74. The number of nitrogens with one attached hydrogen (secondary N) is 1. The summed E-state index contributed by atoms with van der Waals surface area (Å²) in [6.07, 6.45) is 0. The van der Waals surface area contributed by atoms with Gasteiger partial charge in [0.25, 0.3) is 0 Å². The predicted molar refractivity (Wildman–Crippen MR) is 91.2 cm³/mol. The summed E-state index contributed by atoms with van der Waals surface area (Å²) in [5, 5.41) is 3.47. The van der Waals surface area contributed by atoms with Crippen LogP contribution in [-0.4, -0.2) is 15.5 Å². The van der Waals surface area contributed by atoms with Crippen molar-refractivity contribution < 1.29 is 0 Å². The molecule has 0 fully saturated rings. The van der Waals surface area contributed by atoms with E-state index in [0.717, 1.165) is 33.8 Å². The molecular weight excluding hydrogens is 326 g/mol. The van der Waals surface area contributed by atoms with Gasteiger partial charge in [-0.3, -0.25) is 0 Å². The zero-order chi connectivity index (χ0) is 15.6. The van der Waals surface area contributed by atoms with Crippen molar-refractivity contribution in [2.24, 2.45) is 0 Å². The van der Waals surface area contributed by atoms with E-state index in [0.29, 0.717) is 0 Å². The summed E-state index contributed by atoms with van der Waals surface area (Å²) in [6.45, 7) is 11.3. The Morgan fingerprint density at radius 1 is 1.10 bits per heavy atom. The van der Waals surface area contributed by atoms with Crippen molar-refractivity contribution in [1.82, 2.24) is 15.3 Å². The quantitative estimate of drug-likeness (QED) is 0.893. The van der Waals surface area contributed by atoms with Gasteiger partial charge in [-0.2, -0.15) is 0 Å². The van der Waals surface area contributed by atoms with Crippen LogP contribution in [0, 0.1) is 13.8 Å². The second-order valence-electron chi connectivity index (χ2n) is 6.39. The van der Waals surface area contributed by atoms with Gasteiger partial charge in [0.05, 0.1) is 5.69 Å². The molecule has 4 heteroatoms. The van der Waals surface area contributed by atoms with Crippen molar-refractivity contribution in [3.63, 3.8) is 0 Å². The number of aromatic nitrogens is 2. The molecule has 0 amide bonds. The van der Waals surface area contributed by atoms with Gasteiger partial charge in [-0.25, -0.2) is 9.97 Å². The van der Waals surface area contributed by atoms with Gasteiger partial charge < -0.3 is 5.32 Å². The topological polar surface area (TPSA) is 37.8 Å². The number of rotatable bonds is 3. The third kappa shape index (κ3) is 4.61. The van der Waals surface area contributed by atoms with Crippen LogP contribution in [0.25, 0.3) is 11.4 Å². The highest BCUT2D eigenvalue weighted by Gasteiger charge is 2.11. The van der Waals surface area contributed by atoms with E-state index in [1.807, 2.05) is 19.1 Å². The summed E-state index contributed by atoms with van der Waals surface area (Å²) in [5.74, 6) is 0.797. The average Bonchev–Trinajstić information content (AvgIpc) is 2.35. The second kappa shape index (κ2) is 6.24. The number of halogens is 1. The van der Waals surface area contributed by atoms with Gasteiger partial charge in [0.15, 0.2) is 5.82 Å². The molecule has 0 aliphatic carbocycles. The third-order valence-corrected chi connectivity index (χ3v) is 3.63. The van der Waals surface area contributed by atoms with Crippen molar-refractivity contribution in [2.45, 2.75) is 46.7 Å². The van der Waals surface area contributed by atoms with Crippen LogP contribution in [0.15, 0.2) is 28.7 Å². The molecule has 1 aromatic carbocycles. The Hall–Kier alpha value is -1.26. The Morgan fingerprint density at radius 2 is 1.81 bits per heavy atom. The zero-order valence-corrected chi connectivity index (χ0v) is 14.9. The molecule has 112 valence electrons. The van der Waals surface area contributed by atoms with E-state index in [1.54, 1.807) is 0 Å². The Morgan fingerprint density at radius 3 is 2.43 bits per heavy atom. The van der Waals surface area contributed by atoms with E-state index >= 15 is 0 Å². The molecule has 1 heterocycles.